The number of aliphatic hydroxyl groups is 1. The average molecular weight is 411 g/mol. The fraction of sp³-hybridized carbons (Fsp3) is 0.261. The zero-order valence-electron chi connectivity index (χ0n) is 14.9. The van der Waals surface area contributed by atoms with E-state index in [9.17, 15) is 5.11 Å². The molecule has 0 unspecified atom stereocenters. The number of hydrogen-bond acceptors (Lipinski definition) is 1. The van der Waals surface area contributed by atoms with E-state index in [-0.39, 0.29) is 26.2 Å². The Bertz CT molecular complexity index is 386. The van der Waals surface area contributed by atoms with Crippen molar-refractivity contribution in [2.45, 2.75) is 32.1 Å². The van der Waals surface area contributed by atoms with Gasteiger partial charge in [-0.05, 0) is 64.2 Å². The van der Waals surface area contributed by atoms with Gasteiger partial charge in [0.2, 0.25) is 0 Å². The van der Waals surface area contributed by atoms with Gasteiger partial charge in [-0.2, -0.15) is 12.5 Å². The van der Waals surface area contributed by atoms with Gasteiger partial charge in [0, 0.05) is 26.2 Å². The Morgan fingerprint density at radius 2 is 1.28 bits per heavy atom. The minimum atomic E-state index is 0. The Balaban J connectivity index is 0.000000233. The van der Waals surface area contributed by atoms with Crippen LogP contribution in [-0.2, 0) is 26.2 Å². The van der Waals surface area contributed by atoms with Gasteiger partial charge in [0.05, 0.1) is 0 Å². The van der Waals surface area contributed by atoms with Crippen LogP contribution in [0, 0.1) is 76.2 Å². The monoisotopic (exact) mass is 409 g/mol. The van der Waals surface area contributed by atoms with Crippen molar-refractivity contribution in [2.75, 3.05) is 0 Å². The maximum absolute atomic E-state index is 9.86. The zero-order valence-corrected chi connectivity index (χ0v) is 17.3. The normalized spacial score (nSPS) is 25.4. The van der Waals surface area contributed by atoms with Crippen molar-refractivity contribution < 1.29 is 31.3 Å². The second kappa shape index (κ2) is 14.2. The molecule has 1 aromatic rings. The van der Waals surface area contributed by atoms with E-state index in [1.807, 2.05) is 82.4 Å². The van der Waals surface area contributed by atoms with Crippen molar-refractivity contribution >= 4 is 0 Å². The van der Waals surface area contributed by atoms with E-state index in [2.05, 4.69) is 19.1 Å². The molecular formula is C23H27OZr-. The number of aliphatic hydroxyl groups excluding tert-OH is 1. The van der Waals surface area contributed by atoms with Crippen LogP contribution < -0.4 is 0 Å². The summed E-state index contributed by atoms with van der Waals surface area (Å²) in [6, 6.07) is 10.3. The van der Waals surface area contributed by atoms with Crippen molar-refractivity contribution in [2.24, 2.45) is 5.92 Å². The predicted molar refractivity (Wildman–Crippen MR) is 100 cm³/mol. The Kier molecular flexibility index (Phi) is 13.1. The van der Waals surface area contributed by atoms with Crippen LogP contribution in [0.5, 0.6) is 0 Å². The minimum absolute atomic E-state index is 0. The van der Waals surface area contributed by atoms with Gasteiger partial charge in [0.1, 0.15) is 0 Å². The van der Waals surface area contributed by atoms with E-state index in [1.165, 1.54) is 12.0 Å². The zero-order chi connectivity index (χ0) is 17.0. The molecule has 0 aromatic heterocycles. The molecule has 0 aliphatic heterocycles. The molecule has 0 amide bonds. The maximum atomic E-state index is 9.86. The topological polar surface area (TPSA) is 20.2 Å². The van der Waals surface area contributed by atoms with Crippen LogP contribution in [0.1, 0.15) is 37.7 Å². The molecule has 25 heavy (non-hydrogen) atoms. The first kappa shape index (κ1) is 23.1. The summed E-state index contributed by atoms with van der Waals surface area (Å²) >= 11 is 0. The van der Waals surface area contributed by atoms with Gasteiger partial charge in [0.25, 0.3) is 0 Å². The van der Waals surface area contributed by atoms with Crippen LogP contribution in [0.4, 0.5) is 0 Å². The van der Waals surface area contributed by atoms with Gasteiger partial charge in [-0.15, -0.1) is 5.92 Å². The van der Waals surface area contributed by atoms with Gasteiger partial charge in [-0.3, -0.25) is 0 Å². The van der Waals surface area contributed by atoms with Crippen molar-refractivity contribution in [1.82, 2.24) is 0 Å². The van der Waals surface area contributed by atoms with Crippen LogP contribution in [0.15, 0.2) is 30.3 Å². The average Bonchev–Trinajstić information content (AvgIpc) is 3.39. The molecule has 3 aliphatic carbocycles. The first-order chi connectivity index (χ1) is 11.8. The standard InChI is InChI=1S/C13H17O.2C5H5.Zr/c1-2-10-8-12(13(14)9-10)11-6-4-3-5-7-11;2*1-2-4-5-3-1;/h3-7,10,12,14H,2,8-9H2,1H3;2*1-5H;/q-1;;;/t10-,12+;;;/m0.../s1. The van der Waals surface area contributed by atoms with Crippen LogP contribution in [0.3, 0.4) is 0 Å². The Labute approximate surface area is 175 Å². The third-order valence-corrected chi connectivity index (χ3v) is 4.36. The molecule has 1 aromatic carbocycles. The molecule has 130 valence electrons. The molecule has 3 saturated carbocycles. The second-order valence-electron chi connectivity index (χ2n) is 6.09. The minimum Gasteiger partial charge on any atom is -0.562 e. The van der Waals surface area contributed by atoms with Gasteiger partial charge < -0.3 is 5.11 Å². The van der Waals surface area contributed by atoms with Crippen molar-refractivity contribution in [1.29, 1.82) is 0 Å². The summed E-state index contributed by atoms with van der Waals surface area (Å²) in [4.78, 5) is 0. The quantitative estimate of drug-likeness (QED) is 0.635. The molecule has 1 N–H and O–H groups in total. The van der Waals surface area contributed by atoms with E-state index < -0.39 is 0 Å². The van der Waals surface area contributed by atoms with E-state index in [4.69, 9.17) is 0 Å². The molecule has 0 spiro atoms. The van der Waals surface area contributed by atoms with Crippen molar-refractivity contribution in [3.05, 3.63) is 106 Å². The molecule has 2 heteroatoms. The summed E-state index contributed by atoms with van der Waals surface area (Å²) in [5, 5.41) is 9.86. The summed E-state index contributed by atoms with van der Waals surface area (Å²) in [7, 11) is 0. The molecular weight excluding hydrogens is 383 g/mol. The number of rotatable bonds is 2. The smallest absolute Gasteiger partial charge is 0 e. The van der Waals surface area contributed by atoms with Crippen molar-refractivity contribution in [3.8, 4) is 0 Å². The van der Waals surface area contributed by atoms with E-state index in [0.717, 1.165) is 12.8 Å². The number of hydrogen-bond donors (Lipinski definition) is 1. The molecule has 3 fully saturated rings. The van der Waals surface area contributed by atoms with E-state index in [1.54, 1.807) is 0 Å². The molecule has 0 bridgehead atoms. The molecule has 3 aliphatic rings. The summed E-state index contributed by atoms with van der Waals surface area (Å²) in [5.41, 5.74) is 1.26. The van der Waals surface area contributed by atoms with Crippen LogP contribution >= 0.6 is 0 Å². The van der Waals surface area contributed by atoms with Gasteiger partial charge in [-0.1, -0.05) is 61.6 Å². The van der Waals surface area contributed by atoms with E-state index in [0.29, 0.717) is 17.9 Å². The van der Waals surface area contributed by atoms with Gasteiger partial charge in [-0.25, -0.2) is 0 Å². The largest absolute Gasteiger partial charge is 0.562 e. The van der Waals surface area contributed by atoms with E-state index >= 15 is 0 Å². The molecule has 10 radical (unpaired) electrons. The summed E-state index contributed by atoms with van der Waals surface area (Å²) < 4.78 is 0. The summed E-state index contributed by atoms with van der Waals surface area (Å²) in [6.07, 6.45) is 23.9. The van der Waals surface area contributed by atoms with Gasteiger partial charge >= 0.3 is 0 Å². The SMILES string of the molecule is CC[C@@H]1C[C-](O)[C@@H](c2ccccc2)C1.[CH]1[CH][CH][CH][CH]1.[CH]1[CH][CH][CH][CH]1.[Zr]. The predicted octanol–water partition coefficient (Wildman–Crippen LogP) is 5.54. The first-order valence-corrected chi connectivity index (χ1v) is 8.74. The molecule has 4 rings (SSSR count). The second-order valence-corrected chi connectivity index (χ2v) is 6.09. The number of benzene rings is 1. The Morgan fingerprint density at radius 1 is 0.840 bits per heavy atom. The van der Waals surface area contributed by atoms with Crippen LogP contribution in [-0.4, -0.2) is 5.11 Å². The summed E-state index contributed by atoms with van der Waals surface area (Å²) in [6.45, 7) is 2.20. The third kappa shape index (κ3) is 9.01. The van der Waals surface area contributed by atoms with Crippen LogP contribution in [0.25, 0.3) is 0 Å². The van der Waals surface area contributed by atoms with Crippen molar-refractivity contribution in [3.63, 3.8) is 0 Å². The molecule has 0 saturated heterocycles. The Hall–Kier alpha value is 0.0631. The Morgan fingerprint density at radius 3 is 1.64 bits per heavy atom. The van der Waals surface area contributed by atoms with Gasteiger partial charge in [0.15, 0.2) is 0 Å². The van der Waals surface area contributed by atoms with Crippen LogP contribution in [0.2, 0.25) is 0 Å². The molecule has 0 heterocycles. The summed E-state index contributed by atoms with van der Waals surface area (Å²) in [5.74, 6) is 0.973. The fourth-order valence-electron chi connectivity index (χ4n) is 2.96. The fourth-order valence-corrected chi connectivity index (χ4v) is 2.96. The first-order valence-electron chi connectivity index (χ1n) is 8.74. The maximum Gasteiger partial charge on any atom is 0 e. The molecule has 1 nitrogen and oxygen atoms in total. The molecule has 2 atom stereocenters. The third-order valence-electron chi connectivity index (χ3n) is 4.36.